The molecule has 1 aromatic carbocycles. The lowest BCUT2D eigenvalue weighted by Gasteiger charge is -2.41. The van der Waals surface area contributed by atoms with Crippen molar-refractivity contribution in [3.63, 3.8) is 0 Å². The van der Waals surface area contributed by atoms with Gasteiger partial charge in [-0.15, -0.1) is 0 Å². The average molecular weight is 413 g/mol. The van der Waals surface area contributed by atoms with Crippen molar-refractivity contribution < 1.29 is 9.22 Å². The van der Waals surface area contributed by atoms with E-state index < -0.39 is 8.32 Å². The molecule has 29 heavy (non-hydrogen) atoms. The maximum Gasteiger partial charge on any atom is 0.250 e. The van der Waals surface area contributed by atoms with E-state index in [0.29, 0.717) is 23.5 Å². The summed E-state index contributed by atoms with van der Waals surface area (Å²) in [5.41, 5.74) is 1.40. The molecule has 0 aromatic heterocycles. The summed E-state index contributed by atoms with van der Waals surface area (Å²) < 4.78 is 6.48. The first-order valence-corrected chi connectivity index (χ1v) is 14.3. The van der Waals surface area contributed by atoms with Crippen molar-refractivity contribution in [2.75, 3.05) is 0 Å². The van der Waals surface area contributed by atoms with Crippen LogP contribution >= 0.6 is 0 Å². The minimum Gasteiger partial charge on any atom is -0.543 e. The highest BCUT2D eigenvalue weighted by molar-refractivity contribution is 6.74. The molecule has 0 spiro atoms. The number of carbonyl (C=O) groups excluding carboxylic acids is 1. The largest absolute Gasteiger partial charge is 0.543 e. The van der Waals surface area contributed by atoms with Crippen molar-refractivity contribution in [2.24, 2.45) is 23.2 Å². The van der Waals surface area contributed by atoms with E-state index in [-0.39, 0.29) is 10.5 Å². The Morgan fingerprint density at radius 3 is 2.66 bits per heavy atom. The fourth-order valence-electron chi connectivity index (χ4n) is 5.36. The van der Waals surface area contributed by atoms with Crippen LogP contribution in [-0.4, -0.2) is 14.1 Å². The van der Waals surface area contributed by atoms with Gasteiger partial charge < -0.3 is 4.43 Å². The van der Waals surface area contributed by atoms with Crippen LogP contribution in [0.2, 0.25) is 18.1 Å². The average Bonchev–Trinajstić information content (AvgIpc) is 2.97. The molecule has 0 heterocycles. The Labute approximate surface area is 179 Å². The zero-order valence-corrected chi connectivity index (χ0v) is 20.5. The number of rotatable bonds is 5. The van der Waals surface area contributed by atoms with E-state index in [4.69, 9.17) is 4.43 Å². The molecule has 0 N–H and O–H groups in total. The Morgan fingerprint density at radius 2 is 1.97 bits per heavy atom. The van der Waals surface area contributed by atoms with Crippen LogP contribution in [0.4, 0.5) is 0 Å². The van der Waals surface area contributed by atoms with Gasteiger partial charge in [0.1, 0.15) is 11.5 Å². The predicted octanol–water partition coefficient (Wildman–Crippen LogP) is 7.51. The van der Waals surface area contributed by atoms with E-state index in [0.717, 1.165) is 25.0 Å². The van der Waals surface area contributed by atoms with Crippen LogP contribution in [0.5, 0.6) is 5.75 Å². The van der Waals surface area contributed by atoms with E-state index >= 15 is 0 Å². The van der Waals surface area contributed by atoms with Gasteiger partial charge >= 0.3 is 0 Å². The third-order valence-corrected chi connectivity index (χ3v) is 12.6. The van der Waals surface area contributed by atoms with Crippen molar-refractivity contribution in [1.29, 1.82) is 0 Å². The van der Waals surface area contributed by atoms with Crippen LogP contribution in [0.15, 0.2) is 30.3 Å². The van der Waals surface area contributed by atoms with Gasteiger partial charge in [-0.25, -0.2) is 0 Å². The van der Waals surface area contributed by atoms with Crippen LogP contribution in [0.3, 0.4) is 0 Å². The Kier molecular flexibility index (Phi) is 6.20. The Bertz CT molecular complexity index is 773. The third-order valence-electron chi connectivity index (χ3n) is 8.20. The molecular formula is C26H40O2Si. The fraction of sp³-hybridized carbons (Fsp3) is 0.654. The highest BCUT2D eigenvalue weighted by atomic mass is 28.4. The number of benzene rings is 1. The number of carbonyl (C=O) groups is 1. The molecule has 2 aliphatic rings. The predicted molar refractivity (Wildman–Crippen MR) is 126 cm³/mol. The Hall–Kier alpha value is -1.35. The van der Waals surface area contributed by atoms with Gasteiger partial charge in [0.2, 0.25) is 8.32 Å². The van der Waals surface area contributed by atoms with Crippen molar-refractivity contribution in [1.82, 2.24) is 0 Å². The van der Waals surface area contributed by atoms with Gasteiger partial charge in [-0.3, -0.25) is 4.79 Å². The lowest BCUT2D eigenvalue weighted by atomic mass is 9.62. The molecule has 1 aromatic rings. The first kappa shape index (κ1) is 22.3. The monoisotopic (exact) mass is 412 g/mol. The molecular weight excluding hydrogens is 372 g/mol. The fourth-order valence-corrected chi connectivity index (χ4v) is 6.38. The summed E-state index contributed by atoms with van der Waals surface area (Å²) in [5.74, 6) is 2.91. The highest BCUT2D eigenvalue weighted by Gasteiger charge is 2.51. The molecule has 2 nitrogen and oxygen atoms in total. The molecule has 4 atom stereocenters. The number of allylic oxidation sites excluding steroid dienone is 1. The quantitative estimate of drug-likeness (QED) is 0.468. The minimum absolute atomic E-state index is 0.194. The smallest absolute Gasteiger partial charge is 0.250 e. The maximum atomic E-state index is 12.4. The molecule has 0 radical (unpaired) electrons. The summed E-state index contributed by atoms with van der Waals surface area (Å²) in [4.78, 5) is 12.4. The molecule has 3 rings (SSSR count). The summed E-state index contributed by atoms with van der Waals surface area (Å²) in [5, 5.41) is 0.194. The van der Waals surface area contributed by atoms with Gasteiger partial charge in [-0.2, -0.15) is 0 Å². The van der Waals surface area contributed by atoms with Gasteiger partial charge in [0.25, 0.3) is 0 Å². The van der Waals surface area contributed by atoms with Crippen molar-refractivity contribution >= 4 is 20.2 Å². The summed E-state index contributed by atoms with van der Waals surface area (Å²) in [7, 11) is -1.83. The van der Waals surface area contributed by atoms with E-state index in [1.54, 1.807) is 0 Å². The second kappa shape index (κ2) is 8.06. The molecule has 2 fully saturated rings. The maximum absolute atomic E-state index is 12.4. The number of fused-ring (bicyclic) bond motifs is 1. The van der Waals surface area contributed by atoms with Gasteiger partial charge in [-0.1, -0.05) is 58.9 Å². The van der Waals surface area contributed by atoms with Gasteiger partial charge in [0.15, 0.2) is 0 Å². The van der Waals surface area contributed by atoms with Crippen LogP contribution in [-0.2, 0) is 4.79 Å². The highest BCUT2D eigenvalue weighted by Crippen LogP contribution is 2.56. The van der Waals surface area contributed by atoms with Gasteiger partial charge in [0, 0.05) is 12.3 Å². The molecule has 2 saturated carbocycles. The molecule has 2 aliphatic carbocycles. The normalized spacial score (nSPS) is 29.1. The van der Waals surface area contributed by atoms with Crippen molar-refractivity contribution in [3.05, 3.63) is 35.9 Å². The molecule has 0 aliphatic heterocycles. The van der Waals surface area contributed by atoms with Gasteiger partial charge in [0.05, 0.1) is 0 Å². The third kappa shape index (κ3) is 4.55. The topological polar surface area (TPSA) is 26.3 Å². The summed E-state index contributed by atoms with van der Waals surface area (Å²) >= 11 is 0. The van der Waals surface area contributed by atoms with Gasteiger partial charge in [-0.05, 0) is 78.8 Å². The summed E-state index contributed by atoms with van der Waals surface area (Å²) in [6.45, 7) is 16.1. The molecule has 160 valence electrons. The molecule has 0 amide bonds. The van der Waals surface area contributed by atoms with Crippen molar-refractivity contribution in [3.8, 4) is 5.75 Å². The number of Topliss-reactive ketones (excluding diaryl/α,β-unsaturated/α-hetero) is 1. The first-order chi connectivity index (χ1) is 13.4. The lowest BCUT2D eigenvalue weighted by molar-refractivity contribution is -0.129. The van der Waals surface area contributed by atoms with Crippen LogP contribution in [0.1, 0.15) is 72.3 Å². The lowest BCUT2D eigenvalue weighted by Crippen LogP contribution is -2.43. The summed E-state index contributed by atoms with van der Waals surface area (Å²) in [6, 6.07) is 8.51. The summed E-state index contributed by atoms with van der Waals surface area (Å²) in [6.07, 6.45) is 9.99. The van der Waals surface area contributed by atoms with E-state index in [9.17, 15) is 4.79 Å². The van der Waals surface area contributed by atoms with Crippen LogP contribution in [0.25, 0.3) is 6.08 Å². The van der Waals surface area contributed by atoms with E-state index in [1.807, 2.05) is 0 Å². The number of ketones is 1. The Morgan fingerprint density at radius 1 is 1.24 bits per heavy atom. The molecule has 0 saturated heterocycles. The molecule has 1 unspecified atom stereocenters. The second-order valence-electron chi connectivity index (χ2n) is 11.2. The number of hydrogen-bond acceptors (Lipinski definition) is 2. The standard InChI is InChI=1S/C26H40O2Si/c1-19(22-15-16-23-24(27)12-9-17-26(22,23)5)13-14-20-10-8-11-21(18-20)28-29(6,7)25(2,3)4/h8,10-11,13-14,18-19,22-23H,9,12,15-17H2,1-7H3/t19-,22-,23?,26-/m1/s1. The van der Waals surface area contributed by atoms with Crippen molar-refractivity contribution in [2.45, 2.75) is 84.9 Å². The molecule has 0 bridgehead atoms. The number of hydrogen-bond donors (Lipinski definition) is 0. The zero-order valence-electron chi connectivity index (χ0n) is 19.5. The Balaban J connectivity index is 1.71. The van der Waals surface area contributed by atoms with E-state index in [1.165, 1.54) is 18.4 Å². The minimum atomic E-state index is -1.83. The van der Waals surface area contributed by atoms with Crippen LogP contribution in [0, 0.1) is 23.2 Å². The first-order valence-electron chi connectivity index (χ1n) is 11.4. The molecule has 3 heteroatoms. The van der Waals surface area contributed by atoms with E-state index in [2.05, 4.69) is 84.1 Å². The zero-order chi connectivity index (χ0) is 21.4. The van der Waals surface area contributed by atoms with Crippen LogP contribution < -0.4 is 4.43 Å². The second-order valence-corrected chi connectivity index (χ2v) is 15.9. The SMILES string of the molecule is C[C@H](C=Cc1cccc(O[Si](C)(C)C(C)(C)C)c1)[C@H]1CCC2C(=O)CCC[C@@]21C.